The van der Waals surface area contributed by atoms with Gasteiger partial charge in [0.05, 0.1) is 23.1 Å². The minimum atomic E-state index is -1.19. The summed E-state index contributed by atoms with van der Waals surface area (Å²) in [4.78, 5) is 24.2. The van der Waals surface area contributed by atoms with Crippen molar-refractivity contribution in [3.8, 4) is 11.8 Å². The Morgan fingerprint density at radius 3 is 2.52 bits per heavy atom. The maximum Gasteiger partial charge on any atom is 0.342 e. The van der Waals surface area contributed by atoms with E-state index in [4.69, 9.17) is 15.4 Å². The lowest BCUT2D eigenvalue weighted by atomic mass is 10.0. The zero-order valence-electron chi connectivity index (χ0n) is 14.2. The van der Waals surface area contributed by atoms with Crippen molar-refractivity contribution in [3.05, 3.63) is 47.3 Å². The number of nitriles is 1. The Bertz CT molecular complexity index is 862. The average Bonchev–Trinajstić information content (AvgIpc) is 2.88. The first-order chi connectivity index (χ1) is 11.9. The molecule has 1 aromatic heterocycles. The van der Waals surface area contributed by atoms with Crippen LogP contribution in [0.25, 0.3) is 5.69 Å². The standard InChI is InChI=1S/C18H18N4O3/c1-11(20)15(9-19)16(23)10-25-18(24)17-12(2)21-22(13(17)3)14-7-5-4-6-8-14/h4-8,15,20H,10H2,1-3H3/t15-/m1/s1. The number of carbonyl (C=O) groups excluding carboxylic acids is 2. The summed E-state index contributed by atoms with van der Waals surface area (Å²) in [5.41, 5.74) is 2.10. The van der Waals surface area contributed by atoms with Gasteiger partial charge in [-0.15, -0.1) is 0 Å². The summed E-state index contributed by atoms with van der Waals surface area (Å²) in [5, 5.41) is 20.7. The highest BCUT2D eigenvalue weighted by molar-refractivity contribution is 6.06. The maximum absolute atomic E-state index is 12.4. The third-order valence-electron chi connectivity index (χ3n) is 3.73. The summed E-state index contributed by atoms with van der Waals surface area (Å²) in [7, 11) is 0. The molecular weight excluding hydrogens is 320 g/mol. The van der Waals surface area contributed by atoms with Crippen LogP contribution in [0, 0.1) is 36.5 Å². The highest BCUT2D eigenvalue weighted by Gasteiger charge is 2.25. The third-order valence-corrected chi connectivity index (χ3v) is 3.73. The number of ether oxygens (including phenoxy) is 1. The first kappa shape index (κ1) is 18.1. The van der Waals surface area contributed by atoms with E-state index in [1.165, 1.54) is 6.92 Å². The van der Waals surface area contributed by atoms with E-state index in [0.29, 0.717) is 11.4 Å². The summed E-state index contributed by atoms with van der Waals surface area (Å²) in [5.74, 6) is -2.49. The first-order valence-electron chi connectivity index (χ1n) is 7.63. The van der Waals surface area contributed by atoms with E-state index in [9.17, 15) is 9.59 Å². The van der Waals surface area contributed by atoms with Crippen LogP contribution in [0.15, 0.2) is 30.3 Å². The van der Waals surface area contributed by atoms with Crippen LogP contribution in [-0.2, 0) is 9.53 Å². The second-order valence-electron chi connectivity index (χ2n) is 5.58. The molecule has 25 heavy (non-hydrogen) atoms. The molecule has 0 unspecified atom stereocenters. The Kier molecular flexibility index (Phi) is 5.45. The quantitative estimate of drug-likeness (QED) is 0.642. The van der Waals surface area contributed by atoms with Gasteiger partial charge in [0.25, 0.3) is 0 Å². The number of Topliss-reactive ketones (excluding diaryl/α,β-unsaturated/α-hetero) is 1. The van der Waals surface area contributed by atoms with Crippen LogP contribution in [0.1, 0.15) is 28.7 Å². The number of hydrogen-bond donors (Lipinski definition) is 1. The van der Waals surface area contributed by atoms with Crippen molar-refractivity contribution < 1.29 is 14.3 Å². The Balaban J connectivity index is 2.18. The van der Waals surface area contributed by atoms with Gasteiger partial charge in [-0.3, -0.25) is 4.79 Å². The van der Waals surface area contributed by atoms with Crippen LogP contribution >= 0.6 is 0 Å². The summed E-state index contributed by atoms with van der Waals surface area (Å²) in [6, 6.07) is 11.1. The molecule has 0 spiro atoms. The van der Waals surface area contributed by atoms with E-state index in [-0.39, 0.29) is 11.3 Å². The number of rotatable bonds is 6. The number of para-hydroxylation sites is 1. The molecule has 0 aliphatic carbocycles. The molecule has 128 valence electrons. The molecule has 0 bridgehead atoms. The summed E-state index contributed by atoms with van der Waals surface area (Å²) in [6.07, 6.45) is 0. The third kappa shape index (κ3) is 3.80. The molecule has 0 saturated carbocycles. The molecule has 0 aliphatic rings. The molecule has 0 amide bonds. The van der Waals surface area contributed by atoms with Gasteiger partial charge in [-0.2, -0.15) is 10.4 Å². The number of hydrogen-bond acceptors (Lipinski definition) is 6. The van der Waals surface area contributed by atoms with Gasteiger partial charge in [0, 0.05) is 5.71 Å². The van der Waals surface area contributed by atoms with Crippen molar-refractivity contribution in [1.82, 2.24) is 9.78 Å². The number of benzene rings is 1. The fourth-order valence-electron chi connectivity index (χ4n) is 2.46. The van der Waals surface area contributed by atoms with Gasteiger partial charge in [0.15, 0.2) is 12.4 Å². The highest BCUT2D eigenvalue weighted by Crippen LogP contribution is 2.18. The van der Waals surface area contributed by atoms with Gasteiger partial charge in [0.1, 0.15) is 11.5 Å². The van der Waals surface area contributed by atoms with Crippen LogP contribution in [0.4, 0.5) is 0 Å². The smallest absolute Gasteiger partial charge is 0.342 e. The van der Waals surface area contributed by atoms with E-state index in [1.807, 2.05) is 30.3 Å². The topological polar surface area (TPSA) is 109 Å². The summed E-state index contributed by atoms with van der Waals surface area (Å²) < 4.78 is 6.68. The van der Waals surface area contributed by atoms with Crippen molar-refractivity contribution in [1.29, 1.82) is 10.7 Å². The van der Waals surface area contributed by atoms with Crippen molar-refractivity contribution in [3.63, 3.8) is 0 Å². The van der Waals surface area contributed by atoms with Gasteiger partial charge in [0.2, 0.25) is 0 Å². The fraction of sp³-hybridized carbons (Fsp3) is 0.278. The number of esters is 1. The molecule has 7 nitrogen and oxygen atoms in total. The van der Waals surface area contributed by atoms with Gasteiger partial charge in [-0.1, -0.05) is 18.2 Å². The van der Waals surface area contributed by atoms with Crippen molar-refractivity contribution in [2.45, 2.75) is 20.8 Å². The monoisotopic (exact) mass is 338 g/mol. The predicted octanol–water partition coefficient (Wildman–Crippen LogP) is 2.39. The van der Waals surface area contributed by atoms with Gasteiger partial charge in [-0.05, 0) is 32.9 Å². The molecule has 2 rings (SSSR count). The van der Waals surface area contributed by atoms with Gasteiger partial charge < -0.3 is 10.1 Å². The molecule has 1 N–H and O–H groups in total. The van der Waals surface area contributed by atoms with E-state index in [1.54, 1.807) is 24.6 Å². The molecule has 1 aromatic carbocycles. The lowest BCUT2D eigenvalue weighted by molar-refractivity contribution is -0.122. The minimum Gasteiger partial charge on any atom is -0.454 e. The summed E-state index contributed by atoms with van der Waals surface area (Å²) >= 11 is 0. The highest BCUT2D eigenvalue weighted by atomic mass is 16.5. The largest absolute Gasteiger partial charge is 0.454 e. The fourth-order valence-corrected chi connectivity index (χ4v) is 2.46. The Morgan fingerprint density at radius 1 is 1.32 bits per heavy atom. The molecule has 0 saturated heterocycles. The van der Waals surface area contributed by atoms with E-state index in [0.717, 1.165) is 5.69 Å². The number of carbonyl (C=O) groups is 2. The number of nitrogens with zero attached hydrogens (tertiary/aromatic N) is 3. The molecule has 1 heterocycles. The van der Waals surface area contributed by atoms with Crippen molar-refractivity contribution >= 4 is 17.5 Å². The van der Waals surface area contributed by atoms with Crippen LogP contribution in [0.5, 0.6) is 0 Å². The zero-order chi connectivity index (χ0) is 18.6. The minimum absolute atomic E-state index is 0.0761. The lowest BCUT2D eigenvalue weighted by Crippen LogP contribution is -2.25. The van der Waals surface area contributed by atoms with Crippen LogP contribution < -0.4 is 0 Å². The number of ketones is 1. The van der Waals surface area contributed by atoms with E-state index >= 15 is 0 Å². The molecule has 1 atom stereocenters. The molecule has 0 aliphatic heterocycles. The molecule has 7 heteroatoms. The van der Waals surface area contributed by atoms with Crippen molar-refractivity contribution in [2.24, 2.45) is 5.92 Å². The molecule has 0 fully saturated rings. The van der Waals surface area contributed by atoms with E-state index in [2.05, 4.69) is 5.10 Å². The van der Waals surface area contributed by atoms with Gasteiger partial charge in [-0.25, -0.2) is 9.48 Å². The lowest BCUT2D eigenvalue weighted by Gasteiger charge is -2.08. The second kappa shape index (κ2) is 7.53. The van der Waals surface area contributed by atoms with E-state index < -0.39 is 24.3 Å². The predicted molar refractivity (Wildman–Crippen MR) is 90.8 cm³/mol. The summed E-state index contributed by atoms with van der Waals surface area (Å²) in [6.45, 7) is 4.24. The number of nitrogens with one attached hydrogen (secondary N) is 1. The van der Waals surface area contributed by atoms with Crippen LogP contribution in [0.3, 0.4) is 0 Å². The maximum atomic E-state index is 12.4. The SMILES string of the molecule is CC(=N)[C@@H](C#N)C(=O)COC(=O)c1c(C)nn(-c2ccccc2)c1C. The van der Waals surface area contributed by atoms with Crippen LogP contribution in [0.2, 0.25) is 0 Å². The Hall–Kier alpha value is -3.27. The molecule has 2 aromatic rings. The first-order valence-corrected chi connectivity index (χ1v) is 7.63. The van der Waals surface area contributed by atoms with Crippen LogP contribution in [-0.4, -0.2) is 33.9 Å². The number of aryl methyl sites for hydroxylation is 1. The zero-order valence-corrected chi connectivity index (χ0v) is 14.2. The molecule has 0 radical (unpaired) electrons. The Morgan fingerprint density at radius 2 is 1.96 bits per heavy atom. The second-order valence-corrected chi connectivity index (χ2v) is 5.58. The molecular formula is C18H18N4O3. The van der Waals surface area contributed by atoms with Crippen molar-refractivity contribution in [2.75, 3.05) is 6.61 Å². The van der Waals surface area contributed by atoms with Gasteiger partial charge >= 0.3 is 5.97 Å². The normalized spacial score (nSPS) is 11.4. The average molecular weight is 338 g/mol. The number of aromatic nitrogens is 2. The Labute approximate surface area is 145 Å².